The van der Waals surface area contributed by atoms with Crippen molar-refractivity contribution >= 4 is 52.0 Å². The van der Waals surface area contributed by atoms with Crippen LogP contribution in [0, 0.1) is 19.7 Å². The lowest BCUT2D eigenvalue weighted by molar-refractivity contribution is -0.120. The van der Waals surface area contributed by atoms with Crippen LogP contribution in [0.1, 0.15) is 16.7 Å². The molecule has 0 spiro atoms. The van der Waals surface area contributed by atoms with Gasteiger partial charge in [0.05, 0.1) is 11.3 Å². The van der Waals surface area contributed by atoms with Crippen LogP contribution in [0.5, 0.6) is 0 Å². The molecule has 0 fully saturated rings. The molecule has 0 aromatic heterocycles. The van der Waals surface area contributed by atoms with Crippen molar-refractivity contribution in [3.8, 4) is 0 Å². The third kappa shape index (κ3) is 3.94. The van der Waals surface area contributed by atoms with Crippen molar-refractivity contribution in [2.45, 2.75) is 13.8 Å². The van der Waals surface area contributed by atoms with Crippen LogP contribution >= 0.6 is 23.2 Å². The van der Waals surface area contributed by atoms with Crippen LogP contribution in [0.2, 0.25) is 10.0 Å². The molecule has 1 aliphatic heterocycles. The average Bonchev–Trinajstić information content (AvgIpc) is 2.96. The van der Waals surface area contributed by atoms with Crippen LogP contribution in [0.25, 0.3) is 5.57 Å². The Hall–Kier alpha value is -3.15. The molecule has 0 unspecified atom stereocenters. The van der Waals surface area contributed by atoms with Crippen molar-refractivity contribution in [3.63, 3.8) is 0 Å². The fraction of sp³-hybridized carbons (Fsp3) is 0.0833. The second-order valence-corrected chi connectivity index (χ2v) is 8.07. The Kier molecular flexibility index (Phi) is 5.56. The Morgan fingerprint density at radius 3 is 2.19 bits per heavy atom. The molecule has 4 nitrogen and oxygen atoms in total. The molecule has 4 rings (SSSR count). The molecule has 1 N–H and O–H groups in total. The van der Waals surface area contributed by atoms with E-state index in [2.05, 4.69) is 5.32 Å². The molecule has 0 aliphatic carbocycles. The minimum Gasteiger partial charge on any atom is -0.350 e. The Morgan fingerprint density at radius 1 is 0.839 bits per heavy atom. The van der Waals surface area contributed by atoms with Crippen LogP contribution in [0.3, 0.4) is 0 Å². The van der Waals surface area contributed by atoms with Crippen molar-refractivity contribution < 1.29 is 14.0 Å². The van der Waals surface area contributed by atoms with E-state index < -0.39 is 17.6 Å². The van der Waals surface area contributed by atoms with Gasteiger partial charge in [0.25, 0.3) is 11.8 Å². The van der Waals surface area contributed by atoms with Gasteiger partial charge < -0.3 is 5.32 Å². The monoisotopic (exact) mass is 454 g/mol. The van der Waals surface area contributed by atoms with Gasteiger partial charge in [0.1, 0.15) is 11.5 Å². The van der Waals surface area contributed by atoms with Crippen molar-refractivity contribution in [2.24, 2.45) is 0 Å². The molecule has 0 saturated heterocycles. The number of nitrogens with zero attached hydrogens (tertiary/aromatic N) is 1. The molecule has 3 aromatic rings. The van der Waals surface area contributed by atoms with Gasteiger partial charge in [-0.05, 0) is 73.0 Å². The standard InChI is InChI=1S/C24H17Cl2FN2O2/c1-13-3-9-18(12-19(13)26)28-22-21(15-4-7-17(27)8-5-15)23(30)29(24(22)31)20-10-6-16(25)11-14(20)2/h3-12,28H,1-2H3. The smallest absolute Gasteiger partial charge is 0.282 e. The second-order valence-electron chi connectivity index (χ2n) is 7.22. The highest BCUT2D eigenvalue weighted by Crippen LogP contribution is 2.36. The molecule has 1 heterocycles. The van der Waals surface area contributed by atoms with E-state index in [1.165, 1.54) is 24.3 Å². The number of hydrogen-bond donors (Lipinski definition) is 1. The molecule has 0 radical (unpaired) electrons. The summed E-state index contributed by atoms with van der Waals surface area (Å²) in [5.74, 6) is -1.47. The summed E-state index contributed by atoms with van der Waals surface area (Å²) in [6.07, 6.45) is 0. The first kappa shape index (κ1) is 21.1. The van der Waals surface area contributed by atoms with Gasteiger partial charge in [-0.25, -0.2) is 9.29 Å². The number of rotatable bonds is 4. The van der Waals surface area contributed by atoms with Gasteiger partial charge in [0, 0.05) is 15.7 Å². The van der Waals surface area contributed by atoms with Crippen LogP contribution < -0.4 is 10.2 Å². The van der Waals surface area contributed by atoms with Gasteiger partial charge in [0.15, 0.2) is 0 Å². The van der Waals surface area contributed by atoms with E-state index in [0.717, 1.165) is 10.5 Å². The van der Waals surface area contributed by atoms with Crippen molar-refractivity contribution in [3.05, 3.63) is 98.9 Å². The third-order valence-corrected chi connectivity index (χ3v) is 5.70. The number of aryl methyl sites for hydroxylation is 2. The fourth-order valence-electron chi connectivity index (χ4n) is 3.43. The summed E-state index contributed by atoms with van der Waals surface area (Å²) in [7, 11) is 0. The van der Waals surface area contributed by atoms with Gasteiger partial charge >= 0.3 is 0 Å². The summed E-state index contributed by atoms with van der Waals surface area (Å²) in [6.45, 7) is 3.63. The van der Waals surface area contributed by atoms with Gasteiger partial charge in [-0.2, -0.15) is 0 Å². The molecule has 156 valence electrons. The number of carbonyl (C=O) groups is 2. The van der Waals surface area contributed by atoms with Crippen LogP contribution in [0.4, 0.5) is 15.8 Å². The zero-order chi connectivity index (χ0) is 22.3. The number of hydrogen-bond acceptors (Lipinski definition) is 3. The molecule has 1 aliphatic rings. The maximum absolute atomic E-state index is 13.5. The maximum atomic E-state index is 13.5. The second kappa shape index (κ2) is 8.17. The van der Waals surface area contributed by atoms with Gasteiger partial charge in [0.2, 0.25) is 0 Å². The first-order valence-electron chi connectivity index (χ1n) is 9.44. The number of imide groups is 1. The molecular weight excluding hydrogens is 438 g/mol. The highest BCUT2D eigenvalue weighted by atomic mass is 35.5. The Bertz CT molecular complexity index is 1250. The minimum atomic E-state index is -0.522. The molecule has 0 atom stereocenters. The number of benzene rings is 3. The topological polar surface area (TPSA) is 49.4 Å². The lowest BCUT2D eigenvalue weighted by atomic mass is 10.0. The summed E-state index contributed by atoms with van der Waals surface area (Å²) in [4.78, 5) is 27.9. The number of carbonyl (C=O) groups excluding carboxylic acids is 2. The maximum Gasteiger partial charge on any atom is 0.282 e. The van der Waals surface area contributed by atoms with Gasteiger partial charge in [-0.15, -0.1) is 0 Å². The van der Waals surface area contributed by atoms with Crippen molar-refractivity contribution in [1.82, 2.24) is 0 Å². The van der Waals surface area contributed by atoms with Crippen molar-refractivity contribution in [1.29, 1.82) is 0 Å². The van der Waals surface area contributed by atoms with Crippen LogP contribution in [-0.2, 0) is 9.59 Å². The number of halogens is 3. The normalized spacial score (nSPS) is 13.9. The average molecular weight is 455 g/mol. The molecule has 0 bridgehead atoms. The summed E-state index contributed by atoms with van der Waals surface area (Å²) >= 11 is 12.3. The highest BCUT2D eigenvalue weighted by Gasteiger charge is 2.40. The minimum absolute atomic E-state index is 0.0888. The zero-order valence-corrected chi connectivity index (χ0v) is 18.2. The third-order valence-electron chi connectivity index (χ3n) is 5.06. The van der Waals surface area contributed by atoms with Crippen LogP contribution in [-0.4, -0.2) is 11.8 Å². The Morgan fingerprint density at radius 2 is 1.55 bits per heavy atom. The van der Waals surface area contributed by atoms with Crippen LogP contribution in [0.15, 0.2) is 66.4 Å². The number of amides is 2. The van der Waals surface area contributed by atoms with Gasteiger partial charge in [-0.3, -0.25) is 9.59 Å². The first-order chi connectivity index (χ1) is 14.8. The Labute approximate surface area is 188 Å². The summed E-state index contributed by atoms with van der Waals surface area (Å²) in [5, 5.41) is 4.07. The fourth-order valence-corrected chi connectivity index (χ4v) is 3.84. The van der Waals surface area contributed by atoms with E-state index in [4.69, 9.17) is 23.2 Å². The molecule has 0 saturated carbocycles. The summed E-state index contributed by atoms with van der Waals surface area (Å²) < 4.78 is 13.5. The van der Waals surface area contributed by atoms with E-state index >= 15 is 0 Å². The zero-order valence-electron chi connectivity index (χ0n) is 16.7. The van der Waals surface area contributed by atoms with E-state index in [1.54, 1.807) is 37.3 Å². The van der Waals surface area contributed by atoms with E-state index in [-0.39, 0.29) is 11.3 Å². The predicted octanol–water partition coefficient (Wildman–Crippen LogP) is 6.15. The SMILES string of the molecule is Cc1ccc(NC2=C(c3ccc(F)cc3)C(=O)N(c3ccc(Cl)cc3C)C2=O)cc1Cl. The number of anilines is 2. The molecular formula is C24H17Cl2FN2O2. The predicted molar refractivity (Wildman–Crippen MR) is 122 cm³/mol. The number of nitrogens with one attached hydrogen (secondary N) is 1. The molecule has 2 amide bonds. The van der Waals surface area contributed by atoms with Gasteiger partial charge in [-0.1, -0.05) is 41.4 Å². The van der Waals surface area contributed by atoms with E-state index in [0.29, 0.717) is 32.5 Å². The molecule has 3 aromatic carbocycles. The first-order valence-corrected chi connectivity index (χ1v) is 10.2. The largest absolute Gasteiger partial charge is 0.350 e. The molecule has 7 heteroatoms. The quantitative estimate of drug-likeness (QED) is 0.481. The summed E-state index contributed by atoms with van der Waals surface area (Å²) in [5.41, 5.74) is 3.20. The lowest BCUT2D eigenvalue weighted by Crippen LogP contribution is -2.33. The Balaban J connectivity index is 1.84. The highest BCUT2D eigenvalue weighted by molar-refractivity contribution is 6.46. The molecule has 31 heavy (non-hydrogen) atoms. The van der Waals surface area contributed by atoms with E-state index in [9.17, 15) is 14.0 Å². The van der Waals surface area contributed by atoms with Crippen molar-refractivity contribution in [2.75, 3.05) is 10.2 Å². The summed E-state index contributed by atoms with van der Waals surface area (Å²) in [6, 6.07) is 15.6. The van der Waals surface area contributed by atoms with E-state index in [1.807, 2.05) is 13.0 Å². The lowest BCUT2D eigenvalue weighted by Gasteiger charge is -2.18.